The largest absolute Gasteiger partial charge is 1.00 e. The van der Waals surface area contributed by atoms with Gasteiger partial charge in [-0.1, -0.05) is 66.0 Å². The number of nitriles is 4. The van der Waals surface area contributed by atoms with Crippen LogP contribution in [-0.4, -0.2) is 71.8 Å². The van der Waals surface area contributed by atoms with Crippen LogP contribution >= 0.6 is 0 Å². The Hall–Kier alpha value is -9.65. The van der Waals surface area contributed by atoms with E-state index in [9.17, 15) is 30.3 Å². The molecule has 6 aromatic carbocycles. The third kappa shape index (κ3) is 15.7. The van der Waals surface area contributed by atoms with Crippen molar-refractivity contribution in [1.82, 2.24) is 24.5 Å². The molecule has 25 nitrogen and oxygen atoms in total. The number of rotatable bonds is 9. The van der Waals surface area contributed by atoms with Gasteiger partial charge in [0.05, 0.1) is 11.1 Å². The molecule has 0 radical (unpaired) electrons. The van der Waals surface area contributed by atoms with E-state index in [1.54, 1.807) is 140 Å². The molecular formula is C49H27N15Na2O10S2. The summed E-state index contributed by atoms with van der Waals surface area (Å²) in [4.78, 5) is 40.6. The Morgan fingerprint density at radius 2 is 1.05 bits per heavy atom. The SMILES string of the molecule is N#Cc1nc(N=Nc2c(O)c(C(=O)Nc3cc[c-]cc3)cc3ccccc23)[nH]c1C#N.N#Cc1nc(N=Nc2c(O)c(C(=O)Nc3cc[c-]cc3)cc3ccccc23)n(-c2ccccn2)c1C#N.O=S(=O)=O.O=S(=O)=O.[Na+].[Na+]. The van der Waals surface area contributed by atoms with E-state index in [1.807, 2.05) is 12.1 Å². The molecule has 2 amide bonds. The van der Waals surface area contributed by atoms with Crippen molar-refractivity contribution in [3.8, 4) is 41.6 Å². The number of H-pyrrole nitrogens is 1. The number of phenols is 2. The molecule has 0 unspecified atom stereocenters. The van der Waals surface area contributed by atoms with E-state index < -0.39 is 33.0 Å². The zero-order valence-electron chi connectivity index (χ0n) is 40.0. The molecule has 0 saturated carbocycles. The molecule has 78 heavy (non-hydrogen) atoms. The first kappa shape index (κ1) is 60.9. The number of benzene rings is 6. The second-order valence-electron chi connectivity index (χ2n) is 14.3. The van der Waals surface area contributed by atoms with Crippen molar-refractivity contribution in [2.24, 2.45) is 20.5 Å². The quantitative estimate of drug-likeness (QED) is 0.0781. The molecule has 0 saturated heterocycles. The molecule has 3 heterocycles. The topological polar surface area (TPSA) is 405 Å². The Balaban J connectivity index is 0.000000292. The van der Waals surface area contributed by atoms with Crippen molar-refractivity contribution >= 4 is 89.2 Å². The van der Waals surface area contributed by atoms with Crippen molar-refractivity contribution in [2.45, 2.75) is 0 Å². The Morgan fingerprint density at radius 3 is 1.47 bits per heavy atom. The number of anilines is 2. The van der Waals surface area contributed by atoms with Crippen molar-refractivity contribution in [2.75, 3.05) is 10.6 Å². The molecule has 0 bridgehead atoms. The molecule has 0 aliphatic rings. The van der Waals surface area contributed by atoms with Crippen LogP contribution in [0.2, 0.25) is 0 Å². The molecule has 0 fully saturated rings. The number of nitrogens with zero attached hydrogens (tertiary/aromatic N) is 12. The van der Waals surface area contributed by atoms with E-state index in [0.717, 1.165) is 0 Å². The molecule has 372 valence electrons. The van der Waals surface area contributed by atoms with Gasteiger partial charge in [-0.25, -0.2) is 9.55 Å². The van der Waals surface area contributed by atoms with Gasteiger partial charge in [0, 0.05) is 17.0 Å². The average Bonchev–Trinajstić information content (AvgIpc) is 4.01. The van der Waals surface area contributed by atoms with Gasteiger partial charge in [-0.05, 0) is 35.0 Å². The summed E-state index contributed by atoms with van der Waals surface area (Å²) in [5.74, 6) is -1.68. The number of pyridine rings is 1. The summed E-state index contributed by atoms with van der Waals surface area (Å²) in [6.45, 7) is 0. The van der Waals surface area contributed by atoms with Gasteiger partial charge < -0.3 is 25.8 Å². The van der Waals surface area contributed by atoms with Gasteiger partial charge in [0.1, 0.15) is 41.5 Å². The smallest absolute Gasteiger partial charge is 0.505 e. The monoisotopic (exact) mass is 1100 g/mol. The van der Waals surface area contributed by atoms with Gasteiger partial charge in [-0.15, -0.1) is 70.0 Å². The summed E-state index contributed by atoms with van der Waals surface area (Å²) >= 11 is 0. The first-order valence-electron chi connectivity index (χ1n) is 20.8. The van der Waals surface area contributed by atoms with Gasteiger partial charge in [-0.2, -0.15) is 67.4 Å². The summed E-state index contributed by atoms with van der Waals surface area (Å²) < 4.78 is 52.0. The number of nitrogens with one attached hydrogen (secondary N) is 3. The summed E-state index contributed by atoms with van der Waals surface area (Å²) in [7, 11) is -6.22. The third-order valence-corrected chi connectivity index (χ3v) is 9.77. The Labute approximate surface area is 487 Å². The first-order valence-corrected chi connectivity index (χ1v) is 22.8. The van der Waals surface area contributed by atoms with Crippen LogP contribution in [-0.2, 0) is 21.2 Å². The minimum absolute atomic E-state index is 0. The van der Waals surface area contributed by atoms with E-state index in [4.69, 9.17) is 35.8 Å². The van der Waals surface area contributed by atoms with Crippen molar-refractivity contribution in [3.05, 3.63) is 180 Å². The van der Waals surface area contributed by atoms with Crippen LogP contribution in [0.15, 0.2) is 154 Å². The molecule has 0 spiro atoms. The molecular weight excluding hydrogens is 1070 g/mol. The molecule has 0 atom stereocenters. The van der Waals surface area contributed by atoms with Crippen molar-refractivity contribution in [1.29, 1.82) is 21.0 Å². The molecule has 9 rings (SSSR count). The summed E-state index contributed by atoms with van der Waals surface area (Å²) in [5, 5.41) is 83.2. The summed E-state index contributed by atoms with van der Waals surface area (Å²) in [6.07, 6.45) is 1.52. The fraction of sp³-hybridized carbons (Fsp3) is 0. The Kier molecular flexibility index (Phi) is 23.0. The molecule has 5 N–H and O–H groups in total. The van der Waals surface area contributed by atoms with Crippen molar-refractivity contribution in [3.63, 3.8) is 0 Å². The number of carbonyl (C=O) groups is 2. The minimum atomic E-state index is -3.11. The van der Waals surface area contributed by atoms with E-state index in [-0.39, 0.29) is 128 Å². The molecule has 9 aromatic rings. The van der Waals surface area contributed by atoms with Gasteiger partial charge in [0.15, 0.2) is 34.3 Å². The normalized spacial score (nSPS) is 9.95. The number of aromatic amines is 1. The van der Waals surface area contributed by atoms with Crippen LogP contribution < -0.4 is 69.7 Å². The average molecular weight is 1100 g/mol. The van der Waals surface area contributed by atoms with Gasteiger partial charge in [0.25, 0.3) is 17.8 Å². The summed E-state index contributed by atoms with van der Waals surface area (Å²) in [5.41, 5.74) is 0.794. The van der Waals surface area contributed by atoms with E-state index in [2.05, 4.69) is 63.2 Å². The van der Waals surface area contributed by atoms with E-state index in [0.29, 0.717) is 38.7 Å². The maximum Gasteiger partial charge on any atom is 1.00 e. The third-order valence-electron chi connectivity index (χ3n) is 9.77. The Morgan fingerprint density at radius 1 is 0.590 bits per heavy atom. The molecule has 0 aliphatic carbocycles. The van der Waals surface area contributed by atoms with Crippen molar-refractivity contribution < 1.29 is 104 Å². The Bertz CT molecular complexity index is 4090. The maximum atomic E-state index is 13.0. The number of aromatic hydroxyl groups is 2. The van der Waals surface area contributed by atoms with Crippen LogP contribution in [0.1, 0.15) is 43.5 Å². The predicted octanol–water partition coefficient (Wildman–Crippen LogP) is 1.82. The van der Waals surface area contributed by atoms with Crippen LogP contribution in [0.25, 0.3) is 27.4 Å². The van der Waals surface area contributed by atoms with Crippen LogP contribution in [0.3, 0.4) is 0 Å². The molecule has 3 aromatic heterocycles. The number of hydrogen-bond donors (Lipinski definition) is 5. The first-order chi connectivity index (χ1) is 36.7. The summed E-state index contributed by atoms with van der Waals surface area (Å²) in [6, 6.07) is 48.7. The second kappa shape index (κ2) is 29.4. The van der Waals surface area contributed by atoms with Gasteiger partial charge in [0.2, 0.25) is 5.95 Å². The predicted molar refractivity (Wildman–Crippen MR) is 264 cm³/mol. The second-order valence-corrected chi connectivity index (χ2v) is 15.2. The minimum Gasteiger partial charge on any atom is -0.505 e. The van der Waals surface area contributed by atoms with Crippen LogP contribution in [0, 0.1) is 57.5 Å². The van der Waals surface area contributed by atoms with Gasteiger partial charge in [-0.3, -0.25) is 9.59 Å². The number of imidazole rings is 2. The number of fused-ring (bicyclic) bond motifs is 2. The van der Waals surface area contributed by atoms with Crippen LogP contribution in [0.5, 0.6) is 11.5 Å². The number of phenolic OH excluding ortho intramolecular Hbond substituents is 2. The van der Waals surface area contributed by atoms with Gasteiger partial charge >= 0.3 is 80.3 Å². The maximum absolute atomic E-state index is 13.0. The zero-order valence-corrected chi connectivity index (χ0v) is 45.7. The molecule has 29 heteroatoms. The van der Waals surface area contributed by atoms with Crippen LogP contribution in [0.4, 0.5) is 34.6 Å². The zero-order chi connectivity index (χ0) is 54.7. The number of aromatic nitrogens is 5. The van der Waals surface area contributed by atoms with E-state index >= 15 is 0 Å². The number of azo groups is 2. The number of carbonyl (C=O) groups excluding carboxylic acids is 2. The fourth-order valence-corrected chi connectivity index (χ4v) is 6.64. The standard InChI is InChI=1S/C27H15N8O2.C22H12N7O2.2Na.2O3S/c28-15-21-22(16-29)35(23-12-6-7-13-30-23)27(32-21)34-33-24-19-11-5-4-8-17(19)14-20(25(24)36)26(37)31-18-9-2-1-3-10-18;23-11-17-18(12-24)27-22(26-17)29-28-19-15-9-5-4-6-13(15)10-16(20(19)30)21(31)25-14-7-2-1-3-8-14;;;2*1-4(2)3/h2-14,36H,(H,31,37);2-10,30H,(H,25,31)(H,26,27);;;;/q2*-1;2*+1;;. The number of amides is 2. The fourth-order valence-electron chi connectivity index (χ4n) is 6.64. The molecule has 0 aliphatic heterocycles. The number of hydrogen-bond acceptors (Lipinski definition) is 21. The van der Waals surface area contributed by atoms with E-state index in [1.165, 1.54) is 10.8 Å².